The molecular weight excluding hydrogens is 647 g/mol. The summed E-state index contributed by atoms with van der Waals surface area (Å²) < 4.78 is 13.4. The van der Waals surface area contributed by atoms with Crippen molar-refractivity contribution in [2.75, 3.05) is 4.90 Å². The third kappa shape index (κ3) is 4.61. The van der Waals surface area contributed by atoms with Crippen molar-refractivity contribution in [3.63, 3.8) is 0 Å². The van der Waals surface area contributed by atoms with Crippen LogP contribution < -0.4 is 4.90 Å². The largest absolute Gasteiger partial charge is 0.455 e. The molecule has 3 heteroatoms. The van der Waals surface area contributed by atoms with E-state index in [2.05, 4.69) is 181 Å². The Labute approximate surface area is 305 Å². The van der Waals surface area contributed by atoms with E-state index in [0.29, 0.717) is 0 Å². The fourth-order valence-electron chi connectivity index (χ4n) is 8.25. The first-order valence-electron chi connectivity index (χ1n) is 18.0. The molecule has 0 unspecified atom stereocenters. The molecule has 0 aliphatic heterocycles. The zero-order valence-electron chi connectivity index (χ0n) is 28.7. The molecule has 0 saturated carbocycles. The van der Waals surface area contributed by atoms with Crippen molar-refractivity contribution < 1.29 is 8.83 Å². The highest BCUT2D eigenvalue weighted by Crippen LogP contribution is 2.49. The van der Waals surface area contributed by atoms with Crippen molar-refractivity contribution in [1.82, 2.24) is 0 Å². The summed E-state index contributed by atoms with van der Waals surface area (Å²) in [6.45, 7) is 0. The second-order valence-electron chi connectivity index (χ2n) is 13.6. The van der Waals surface area contributed by atoms with E-state index >= 15 is 0 Å². The number of para-hydroxylation sites is 3. The molecule has 0 aliphatic rings. The highest BCUT2D eigenvalue weighted by molar-refractivity contribution is 6.32. The van der Waals surface area contributed by atoms with Crippen molar-refractivity contribution in [2.24, 2.45) is 0 Å². The van der Waals surface area contributed by atoms with Crippen LogP contribution >= 0.6 is 0 Å². The molecular formula is C50H31NO2. The van der Waals surface area contributed by atoms with Gasteiger partial charge in [-0.05, 0) is 75.3 Å². The molecule has 11 aromatic rings. The molecule has 248 valence electrons. The van der Waals surface area contributed by atoms with Crippen LogP contribution in [0.25, 0.3) is 87.7 Å². The van der Waals surface area contributed by atoms with Gasteiger partial charge in [0.2, 0.25) is 0 Å². The smallest absolute Gasteiger partial charge is 0.143 e. The minimum absolute atomic E-state index is 0.854. The predicted molar refractivity (Wildman–Crippen MR) is 222 cm³/mol. The Morgan fingerprint density at radius 3 is 1.66 bits per heavy atom. The average Bonchev–Trinajstić information content (AvgIpc) is 3.82. The molecule has 0 aliphatic carbocycles. The minimum atomic E-state index is 0.854. The molecule has 0 radical (unpaired) electrons. The molecule has 2 aromatic heterocycles. The topological polar surface area (TPSA) is 29.5 Å². The second kappa shape index (κ2) is 11.7. The van der Waals surface area contributed by atoms with Crippen LogP contribution in [0.5, 0.6) is 0 Å². The fourth-order valence-corrected chi connectivity index (χ4v) is 8.25. The van der Waals surface area contributed by atoms with Gasteiger partial charge in [0.1, 0.15) is 22.3 Å². The van der Waals surface area contributed by atoms with Crippen LogP contribution in [0, 0.1) is 0 Å². The molecule has 0 spiro atoms. The van der Waals surface area contributed by atoms with Gasteiger partial charge in [0, 0.05) is 38.5 Å². The number of hydrogen-bond acceptors (Lipinski definition) is 3. The van der Waals surface area contributed by atoms with Crippen molar-refractivity contribution in [2.45, 2.75) is 0 Å². The number of rotatable bonds is 5. The third-order valence-electron chi connectivity index (χ3n) is 10.6. The maximum Gasteiger partial charge on any atom is 0.143 e. The lowest BCUT2D eigenvalue weighted by Gasteiger charge is -2.27. The molecule has 0 amide bonds. The summed E-state index contributed by atoms with van der Waals surface area (Å²) in [4.78, 5) is 2.37. The molecule has 2 heterocycles. The van der Waals surface area contributed by atoms with Gasteiger partial charge in [-0.2, -0.15) is 0 Å². The first-order chi connectivity index (χ1) is 26.3. The van der Waals surface area contributed by atoms with E-state index in [-0.39, 0.29) is 0 Å². The van der Waals surface area contributed by atoms with Gasteiger partial charge in [-0.1, -0.05) is 146 Å². The van der Waals surface area contributed by atoms with Crippen LogP contribution in [0.15, 0.2) is 197 Å². The summed E-state index contributed by atoms with van der Waals surface area (Å²) in [6.07, 6.45) is 0. The van der Waals surface area contributed by atoms with E-state index in [0.717, 1.165) is 88.6 Å². The van der Waals surface area contributed by atoms with Crippen LogP contribution in [-0.4, -0.2) is 0 Å². The highest BCUT2D eigenvalue weighted by atomic mass is 16.3. The summed E-state index contributed by atoms with van der Waals surface area (Å²) in [6, 6.07) is 66.6. The molecule has 0 saturated heterocycles. The lowest BCUT2D eigenvalue weighted by Crippen LogP contribution is -2.10. The summed E-state index contributed by atoms with van der Waals surface area (Å²) >= 11 is 0. The van der Waals surface area contributed by atoms with Gasteiger partial charge in [0.25, 0.3) is 0 Å². The number of nitrogens with zero attached hydrogens (tertiary/aromatic N) is 1. The summed E-state index contributed by atoms with van der Waals surface area (Å²) in [5, 5.41) is 9.16. The number of fused-ring (bicyclic) bond motifs is 11. The van der Waals surface area contributed by atoms with Gasteiger partial charge < -0.3 is 13.7 Å². The number of benzene rings is 9. The van der Waals surface area contributed by atoms with Crippen LogP contribution in [-0.2, 0) is 0 Å². The molecule has 0 fully saturated rings. The van der Waals surface area contributed by atoms with Crippen LogP contribution in [0.4, 0.5) is 17.1 Å². The Hall–Kier alpha value is -7.10. The number of hydrogen-bond donors (Lipinski definition) is 0. The SMILES string of the molecule is c1ccc(-c2cc(N(c3ccccc3)c3ccc(-c4cccc5c4oc4ccccc45)cc3)c3c(c2)oc2c4ccccc4c4ccccc4c23)cc1. The van der Waals surface area contributed by atoms with Gasteiger partial charge in [-0.25, -0.2) is 0 Å². The average molecular weight is 678 g/mol. The van der Waals surface area contributed by atoms with Gasteiger partial charge in [-0.15, -0.1) is 0 Å². The maximum absolute atomic E-state index is 7.00. The van der Waals surface area contributed by atoms with E-state index in [1.165, 1.54) is 16.2 Å². The van der Waals surface area contributed by atoms with Gasteiger partial charge in [0.05, 0.1) is 11.1 Å². The number of furan rings is 2. The molecule has 11 rings (SSSR count). The standard InChI is InChI=1S/C50H31NO2/c1-3-14-32(15-4-1)34-30-44(48-46(31-34)53-50-42-22-10-8-19-39(42)38-18-7-9-21-41(38)47(48)50)51(35-16-5-2-6-17-35)36-28-26-33(27-29-36)37-23-13-24-43-40-20-11-12-25-45(40)52-49(37)43/h1-31H. The third-order valence-corrected chi connectivity index (χ3v) is 10.6. The summed E-state index contributed by atoms with van der Waals surface area (Å²) in [5.74, 6) is 0. The summed E-state index contributed by atoms with van der Waals surface area (Å²) in [5.41, 5.74) is 11.1. The first-order valence-corrected chi connectivity index (χ1v) is 18.0. The normalized spacial score (nSPS) is 11.8. The van der Waals surface area contributed by atoms with Gasteiger partial charge >= 0.3 is 0 Å². The predicted octanol–water partition coefficient (Wildman–Crippen LogP) is 14.6. The molecule has 0 bridgehead atoms. The molecule has 9 aromatic carbocycles. The van der Waals surface area contributed by atoms with E-state index in [1.807, 2.05) is 12.1 Å². The quantitative estimate of drug-likeness (QED) is 0.170. The highest BCUT2D eigenvalue weighted by Gasteiger charge is 2.24. The molecule has 53 heavy (non-hydrogen) atoms. The van der Waals surface area contributed by atoms with Gasteiger partial charge in [0.15, 0.2) is 0 Å². The van der Waals surface area contributed by atoms with Crippen LogP contribution in [0.3, 0.4) is 0 Å². The molecule has 0 atom stereocenters. The zero-order valence-corrected chi connectivity index (χ0v) is 28.7. The van der Waals surface area contributed by atoms with Crippen molar-refractivity contribution in [1.29, 1.82) is 0 Å². The maximum atomic E-state index is 7.00. The van der Waals surface area contributed by atoms with E-state index in [1.54, 1.807) is 0 Å². The Morgan fingerprint density at radius 2 is 0.887 bits per heavy atom. The Balaban J connectivity index is 1.19. The van der Waals surface area contributed by atoms with E-state index < -0.39 is 0 Å². The minimum Gasteiger partial charge on any atom is -0.455 e. The van der Waals surface area contributed by atoms with E-state index in [4.69, 9.17) is 8.83 Å². The lowest BCUT2D eigenvalue weighted by molar-refractivity contribution is 0.670. The molecule has 0 N–H and O–H groups in total. The molecule has 3 nitrogen and oxygen atoms in total. The lowest BCUT2D eigenvalue weighted by atomic mass is 9.95. The van der Waals surface area contributed by atoms with Crippen LogP contribution in [0.2, 0.25) is 0 Å². The monoisotopic (exact) mass is 677 g/mol. The van der Waals surface area contributed by atoms with Crippen molar-refractivity contribution in [3.8, 4) is 22.3 Å². The Bertz CT molecular complexity index is 3160. The van der Waals surface area contributed by atoms with Crippen molar-refractivity contribution >= 4 is 82.5 Å². The zero-order chi connectivity index (χ0) is 34.9. The Morgan fingerprint density at radius 1 is 0.321 bits per heavy atom. The van der Waals surface area contributed by atoms with E-state index in [9.17, 15) is 0 Å². The fraction of sp³-hybridized carbons (Fsp3) is 0. The van der Waals surface area contributed by atoms with Crippen molar-refractivity contribution in [3.05, 3.63) is 188 Å². The van der Waals surface area contributed by atoms with Gasteiger partial charge in [-0.3, -0.25) is 0 Å². The first kappa shape index (κ1) is 29.6. The summed E-state index contributed by atoms with van der Waals surface area (Å²) in [7, 11) is 0. The Kier molecular flexibility index (Phi) is 6.55. The number of anilines is 3. The second-order valence-corrected chi connectivity index (χ2v) is 13.6. The van der Waals surface area contributed by atoms with Crippen LogP contribution in [0.1, 0.15) is 0 Å².